The van der Waals surface area contributed by atoms with Crippen LogP contribution >= 0.6 is 11.3 Å². The molecule has 2 aromatic heterocycles. The van der Waals surface area contributed by atoms with Gasteiger partial charge in [-0.3, -0.25) is 9.69 Å². The van der Waals surface area contributed by atoms with Gasteiger partial charge in [0.25, 0.3) is 0 Å². The number of nitrogens with zero attached hydrogens (tertiary/aromatic N) is 4. The van der Waals surface area contributed by atoms with Crippen molar-refractivity contribution in [2.45, 2.75) is 26.3 Å². The van der Waals surface area contributed by atoms with Crippen molar-refractivity contribution < 1.29 is 9.32 Å². The molecule has 3 rings (SSSR count). The third kappa shape index (κ3) is 4.52. The number of hydrogen-bond donors (Lipinski definition) is 0. The molecule has 2 aromatic rings. The zero-order valence-electron chi connectivity index (χ0n) is 13.9. The molecule has 0 spiro atoms. The Hall–Kier alpha value is -1.99. The molecule has 1 saturated heterocycles. The summed E-state index contributed by atoms with van der Waals surface area (Å²) in [6, 6.07) is 3.99. The summed E-state index contributed by atoms with van der Waals surface area (Å²) >= 11 is 1.63. The third-order valence-electron chi connectivity index (χ3n) is 3.96. The molecule has 1 aliphatic heterocycles. The van der Waals surface area contributed by atoms with Gasteiger partial charge in [-0.1, -0.05) is 18.1 Å². The van der Waals surface area contributed by atoms with Gasteiger partial charge in [-0.25, -0.2) is 0 Å². The van der Waals surface area contributed by atoms with Crippen LogP contribution in [0.2, 0.25) is 0 Å². The molecular weight excluding hydrogens is 324 g/mol. The van der Waals surface area contributed by atoms with E-state index in [1.165, 1.54) is 0 Å². The second kappa shape index (κ2) is 8.21. The first kappa shape index (κ1) is 16.9. The quantitative estimate of drug-likeness (QED) is 0.752. The van der Waals surface area contributed by atoms with Crippen LogP contribution in [0.5, 0.6) is 0 Å². The summed E-state index contributed by atoms with van der Waals surface area (Å²) in [7, 11) is 0. The fourth-order valence-electron chi connectivity index (χ4n) is 2.64. The Morgan fingerprint density at radius 2 is 2.21 bits per heavy atom. The Morgan fingerprint density at radius 1 is 1.38 bits per heavy atom. The van der Waals surface area contributed by atoms with E-state index < -0.39 is 0 Å². The van der Waals surface area contributed by atoms with Crippen molar-refractivity contribution in [2.24, 2.45) is 0 Å². The SMILES string of the molecule is CCCc1noc(CN2CCN(C(=O)C=Cc3cccs3)CC2)n1. The van der Waals surface area contributed by atoms with Crippen LogP contribution in [0.3, 0.4) is 0 Å². The summed E-state index contributed by atoms with van der Waals surface area (Å²) in [5, 5.41) is 5.98. The third-order valence-corrected chi connectivity index (χ3v) is 4.80. The van der Waals surface area contributed by atoms with E-state index in [9.17, 15) is 4.79 Å². The van der Waals surface area contributed by atoms with E-state index in [-0.39, 0.29) is 5.91 Å². The predicted octanol–water partition coefficient (Wildman–Crippen LogP) is 2.44. The summed E-state index contributed by atoms with van der Waals surface area (Å²) in [6.07, 6.45) is 5.41. The highest BCUT2D eigenvalue weighted by Crippen LogP contribution is 2.12. The number of piperazine rings is 1. The summed E-state index contributed by atoms with van der Waals surface area (Å²) in [5.74, 6) is 1.52. The summed E-state index contributed by atoms with van der Waals surface area (Å²) in [4.78, 5) is 21.8. The van der Waals surface area contributed by atoms with Crippen LogP contribution in [-0.4, -0.2) is 52.0 Å². The molecule has 3 heterocycles. The maximum atomic E-state index is 12.2. The topological polar surface area (TPSA) is 62.5 Å². The summed E-state index contributed by atoms with van der Waals surface area (Å²) in [5.41, 5.74) is 0. The normalized spacial score (nSPS) is 16.1. The van der Waals surface area contributed by atoms with Crippen LogP contribution in [0.4, 0.5) is 0 Å². The fourth-order valence-corrected chi connectivity index (χ4v) is 3.26. The maximum absolute atomic E-state index is 12.2. The molecular formula is C17H22N4O2S. The van der Waals surface area contributed by atoms with E-state index in [1.807, 2.05) is 28.5 Å². The van der Waals surface area contributed by atoms with E-state index in [1.54, 1.807) is 17.4 Å². The molecule has 1 amide bonds. The molecule has 0 radical (unpaired) electrons. The fraction of sp³-hybridized carbons (Fsp3) is 0.471. The lowest BCUT2D eigenvalue weighted by Crippen LogP contribution is -2.47. The first-order valence-electron chi connectivity index (χ1n) is 8.29. The number of aryl methyl sites for hydroxylation is 1. The number of carbonyl (C=O) groups excluding carboxylic acids is 1. The minimum atomic E-state index is 0.0751. The number of aromatic nitrogens is 2. The van der Waals surface area contributed by atoms with Crippen molar-refractivity contribution in [3.8, 4) is 0 Å². The van der Waals surface area contributed by atoms with E-state index in [4.69, 9.17) is 4.52 Å². The maximum Gasteiger partial charge on any atom is 0.246 e. The van der Waals surface area contributed by atoms with Gasteiger partial charge >= 0.3 is 0 Å². The molecule has 0 bridgehead atoms. The highest BCUT2D eigenvalue weighted by molar-refractivity contribution is 7.10. The van der Waals surface area contributed by atoms with Gasteiger partial charge in [0.2, 0.25) is 11.8 Å². The molecule has 1 aliphatic rings. The van der Waals surface area contributed by atoms with Crippen molar-refractivity contribution in [1.29, 1.82) is 0 Å². The predicted molar refractivity (Wildman–Crippen MR) is 93.5 cm³/mol. The largest absolute Gasteiger partial charge is 0.338 e. The minimum absolute atomic E-state index is 0.0751. The Morgan fingerprint density at radius 3 is 2.92 bits per heavy atom. The summed E-state index contributed by atoms with van der Waals surface area (Å²) in [6.45, 7) is 5.85. The van der Waals surface area contributed by atoms with Gasteiger partial charge in [-0.2, -0.15) is 4.98 Å². The van der Waals surface area contributed by atoms with E-state index in [0.29, 0.717) is 12.4 Å². The number of hydrogen-bond acceptors (Lipinski definition) is 6. The molecule has 0 N–H and O–H groups in total. The van der Waals surface area contributed by atoms with Gasteiger partial charge in [0.1, 0.15) is 0 Å². The van der Waals surface area contributed by atoms with Crippen molar-refractivity contribution in [2.75, 3.05) is 26.2 Å². The standard InChI is InChI=1S/C17H22N4O2S/c1-2-4-15-18-16(23-19-15)13-20-8-10-21(11-9-20)17(22)7-6-14-5-3-12-24-14/h3,5-7,12H,2,4,8-11,13H2,1H3. The van der Waals surface area contributed by atoms with Crippen LogP contribution in [0.1, 0.15) is 29.9 Å². The smallest absolute Gasteiger partial charge is 0.246 e. The van der Waals surface area contributed by atoms with Gasteiger partial charge in [0.05, 0.1) is 6.54 Å². The second-order valence-electron chi connectivity index (χ2n) is 5.80. The lowest BCUT2D eigenvalue weighted by atomic mass is 10.3. The second-order valence-corrected chi connectivity index (χ2v) is 6.78. The van der Waals surface area contributed by atoms with Crippen LogP contribution < -0.4 is 0 Å². The van der Waals surface area contributed by atoms with Crippen LogP contribution in [0.25, 0.3) is 6.08 Å². The molecule has 0 unspecified atom stereocenters. The van der Waals surface area contributed by atoms with E-state index in [0.717, 1.165) is 49.7 Å². The first-order chi connectivity index (χ1) is 11.7. The summed E-state index contributed by atoms with van der Waals surface area (Å²) < 4.78 is 5.28. The molecule has 24 heavy (non-hydrogen) atoms. The average Bonchev–Trinajstić information content (AvgIpc) is 3.26. The van der Waals surface area contributed by atoms with Crippen molar-refractivity contribution >= 4 is 23.3 Å². The lowest BCUT2D eigenvalue weighted by Gasteiger charge is -2.33. The average molecular weight is 346 g/mol. The molecule has 0 aromatic carbocycles. The van der Waals surface area contributed by atoms with E-state index >= 15 is 0 Å². The van der Waals surface area contributed by atoms with Crippen molar-refractivity contribution in [1.82, 2.24) is 19.9 Å². The number of carbonyl (C=O) groups is 1. The number of rotatable bonds is 6. The molecule has 1 fully saturated rings. The zero-order valence-corrected chi connectivity index (χ0v) is 14.7. The Balaban J connectivity index is 1.45. The molecule has 6 nitrogen and oxygen atoms in total. The number of thiophene rings is 1. The van der Waals surface area contributed by atoms with E-state index in [2.05, 4.69) is 22.0 Å². The molecule has 128 valence electrons. The Bertz CT molecular complexity index is 673. The minimum Gasteiger partial charge on any atom is -0.338 e. The highest BCUT2D eigenvalue weighted by Gasteiger charge is 2.21. The Kier molecular flexibility index (Phi) is 5.77. The molecule has 7 heteroatoms. The Labute approximate surface area is 145 Å². The van der Waals surface area contributed by atoms with Gasteiger partial charge in [0.15, 0.2) is 5.82 Å². The monoisotopic (exact) mass is 346 g/mol. The van der Waals surface area contributed by atoms with Gasteiger partial charge in [0, 0.05) is 43.6 Å². The van der Waals surface area contributed by atoms with Gasteiger partial charge < -0.3 is 9.42 Å². The molecule has 0 saturated carbocycles. The van der Waals surface area contributed by atoms with Gasteiger partial charge in [-0.15, -0.1) is 11.3 Å². The van der Waals surface area contributed by atoms with Crippen molar-refractivity contribution in [3.05, 3.63) is 40.2 Å². The lowest BCUT2D eigenvalue weighted by molar-refractivity contribution is -0.127. The molecule has 0 atom stereocenters. The van der Waals surface area contributed by atoms with Gasteiger partial charge in [-0.05, 0) is 23.9 Å². The van der Waals surface area contributed by atoms with Crippen LogP contribution in [-0.2, 0) is 17.8 Å². The van der Waals surface area contributed by atoms with Crippen LogP contribution in [0.15, 0.2) is 28.1 Å². The number of amides is 1. The van der Waals surface area contributed by atoms with Crippen LogP contribution in [0, 0.1) is 0 Å². The highest BCUT2D eigenvalue weighted by atomic mass is 32.1. The molecule has 0 aliphatic carbocycles. The zero-order chi connectivity index (χ0) is 16.8. The first-order valence-corrected chi connectivity index (χ1v) is 9.17. The van der Waals surface area contributed by atoms with Crippen molar-refractivity contribution in [3.63, 3.8) is 0 Å².